The van der Waals surface area contributed by atoms with E-state index in [1.165, 1.54) is 19.1 Å². The van der Waals surface area contributed by atoms with E-state index >= 15 is 0 Å². The van der Waals surface area contributed by atoms with Gasteiger partial charge < -0.3 is 29.3 Å². The van der Waals surface area contributed by atoms with Crippen LogP contribution in [0.3, 0.4) is 0 Å². The van der Waals surface area contributed by atoms with Crippen molar-refractivity contribution >= 4 is 11.0 Å². The Kier molecular flexibility index (Phi) is 6.68. The maximum atomic E-state index is 12.7. The number of fused-ring (bicyclic) bond motifs is 1. The SMILES string of the molecule is C[C@@H](O)[C@@H](CO)O[C@H](O)n1ccc(=O)n(Cc2noc3c(OC(F)(F)F)cccc23)c1=O. The van der Waals surface area contributed by atoms with Crippen LogP contribution in [0.25, 0.3) is 11.0 Å². The van der Waals surface area contributed by atoms with Crippen molar-refractivity contribution in [3.63, 3.8) is 0 Å². The maximum Gasteiger partial charge on any atom is 0.573 e. The second kappa shape index (κ2) is 9.12. The minimum Gasteiger partial charge on any atom is -0.402 e. The van der Waals surface area contributed by atoms with E-state index in [4.69, 9.17) is 9.26 Å². The number of rotatable bonds is 8. The predicted octanol–water partition coefficient (Wildman–Crippen LogP) is 0.305. The Labute approximate surface area is 176 Å². The molecule has 0 bridgehead atoms. The van der Waals surface area contributed by atoms with Gasteiger partial charge in [-0.25, -0.2) is 4.79 Å². The van der Waals surface area contributed by atoms with Gasteiger partial charge in [-0.15, -0.1) is 13.2 Å². The first-order chi connectivity index (χ1) is 15.0. The normalized spacial score (nSPS) is 15.0. The van der Waals surface area contributed by atoms with Crippen LogP contribution in [0.1, 0.15) is 19.0 Å². The van der Waals surface area contributed by atoms with Gasteiger partial charge in [0, 0.05) is 12.3 Å². The van der Waals surface area contributed by atoms with Crippen molar-refractivity contribution in [1.82, 2.24) is 14.3 Å². The number of aliphatic hydroxyl groups excluding tert-OH is 3. The van der Waals surface area contributed by atoms with Crippen LogP contribution in [-0.4, -0.2) is 54.8 Å². The Morgan fingerprint density at radius 3 is 2.56 bits per heavy atom. The summed E-state index contributed by atoms with van der Waals surface area (Å²) >= 11 is 0. The molecule has 0 aliphatic heterocycles. The van der Waals surface area contributed by atoms with Gasteiger partial charge in [0.2, 0.25) is 12.0 Å². The molecule has 14 heteroatoms. The van der Waals surface area contributed by atoms with E-state index in [1.807, 2.05) is 0 Å². The molecule has 0 amide bonds. The highest BCUT2D eigenvalue weighted by molar-refractivity contribution is 5.84. The summed E-state index contributed by atoms with van der Waals surface area (Å²) < 4.78 is 52.8. The third-order valence-corrected chi connectivity index (χ3v) is 4.42. The Balaban J connectivity index is 1.96. The molecular weight excluding hydrogens is 443 g/mol. The number of aliphatic hydroxyl groups is 3. The highest BCUT2D eigenvalue weighted by atomic mass is 19.4. The molecule has 0 saturated heterocycles. The lowest BCUT2D eigenvalue weighted by Crippen LogP contribution is -2.43. The fourth-order valence-electron chi connectivity index (χ4n) is 2.83. The molecule has 0 aliphatic carbocycles. The number of hydrogen-bond acceptors (Lipinski definition) is 9. The van der Waals surface area contributed by atoms with E-state index in [9.17, 15) is 38.1 Å². The minimum atomic E-state index is -4.97. The summed E-state index contributed by atoms with van der Waals surface area (Å²) in [6.45, 7) is 0.133. The number of ether oxygens (including phenoxy) is 2. The fraction of sp³-hybridized carbons (Fsp3) is 0.389. The standard InChI is InChI=1S/C18H18F3N3O8/c1-9(26)13(8-25)30-17(29)23-6-5-14(27)24(16(23)28)7-11-10-3-2-4-12(15(10)32-22-11)31-18(19,20)21/h2-6,9,13,17,25-26,29H,7-8H2,1H3/t9-,13-,17+/m1/s1. The van der Waals surface area contributed by atoms with Crippen LogP contribution < -0.4 is 16.0 Å². The van der Waals surface area contributed by atoms with Crippen LogP contribution in [0.15, 0.2) is 44.6 Å². The van der Waals surface area contributed by atoms with Gasteiger partial charge in [-0.3, -0.25) is 13.9 Å². The largest absolute Gasteiger partial charge is 0.573 e. The molecule has 0 spiro atoms. The first-order valence-electron chi connectivity index (χ1n) is 9.09. The quantitative estimate of drug-likeness (QED) is 0.403. The van der Waals surface area contributed by atoms with Gasteiger partial charge in [0.05, 0.1) is 24.6 Å². The summed E-state index contributed by atoms with van der Waals surface area (Å²) in [4.78, 5) is 25.0. The highest BCUT2D eigenvalue weighted by Gasteiger charge is 2.33. The molecule has 0 aliphatic rings. The monoisotopic (exact) mass is 461 g/mol. The third-order valence-electron chi connectivity index (χ3n) is 4.42. The predicted molar refractivity (Wildman–Crippen MR) is 99.7 cm³/mol. The van der Waals surface area contributed by atoms with Gasteiger partial charge in [0.25, 0.3) is 5.56 Å². The third kappa shape index (κ3) is 4.99. The molecule has 2 aromatic heterocycles. The second-order valence-electron chi connectivity index (χ2n) is 6.66. The van der Waals surface area contributed by atoms with Gasteiger partial charge in [0.1, 0.15) is 11.8 Å². The summed E-state index contributed by atoms with van der Waals surface area (Å²) in [6, 6.07) is 4.56. The molecule has 3 atom stereocenters. The Bertz CT molecular complexity index is 1200. The lowest BCUT2D eigenvalue weighted by Gasteiger charge is -2.23. The molecule has 174 valence electrons. The lowest BCUT2D eigenvalue weighted by atomic mass is 10.2. The van der Waals surface area contributed by atoms with Crippen LogP contribution >= 0.6 is 0 Å². The zero-order chi connectivity index (χ0) is 23.6. The summed E-state index contributed by atoms with van der Waals surface area (Å²) in [5.41, 5.74) is -2.23. The number of nitrogens with zero attached hydrogens (tertiary/aromatic N) is 3. The van der Waals surface area contributed by atoms with E-state index in [0.29, 0.717) is 9.13 Å². The van der Waals surface area contributed by atoms with Crippen LogP contribution in [-0.2, 0) is 11.3 Å². The lowest BCUT2D eigenvalue weighted by molar-refractivity contribution is -0.274. The smallest absolute Gasteiger partial charge is 0.402 e. The van der Waals surface area contributed by atoms with Crippen molar-refractivity contribution in [3.05, 3.63) is 57.0 Å². The van der Waals surface area contributed by atoms with Gasteiger partial charge >= 0.3 is 12.1 Å². The van der Waals surface area contributed by atoms with Crippen LogP contribution in [0, 0.1) is 0 Å². The first kappa shape index (κ1) is 23.5. The fourth-order valence-corrected chi connectivity index (χ4v) is 2.83. The topological polar surface area (TPSA) is 149 Å². The van der Waals surface area contributed by atoms with Gasteiger partial charge in [-0.2, -0.15) is 0 Å². The molecule has 0 unspecified atom stereocenters. The number of benzene rings is 1. The molecule has 1 aromatic carbocycles. The van der Waals surface area contributed by atoms with Crippen LogP contribution in [0.5, 0.6) is 5.75 Å². The zero-order valence-corrected chi connectivity index (χ0v) is 16.4. The van der Waals surface area contributed by atoms with Crippen molar-refractivity contribution in [2.45, 2.75) is 38.5 Å². The van der Waals surface area contributed by atoms with Crippen molar-refractivity contribution in [1.29, 1.82) is 0 Å². The van der Waals surface area contributed by atoms with Gasteiger partial charge in [-0.05, 0) is 19.1 Å². The molecule has 2 heterocycles. The molecule has 3 aromatic rings. The van der Waals surface area contributed by atoms with Gasteiger partial charge in [-0.1, -0.05) is 11.2 Å². The van der Waals surface area contributed by atoms with E-state index < -0.39 is 55.1 Å². The molecule has 0 radical (unpaired) electrons. The maximum absolute atomic E-state index is 12.7. The molecule has 0 fully saturated rings. The Morgan fingerprint density at radius 1 is 1.22 bits per heavy atom. The van der Waals surface area contributed by atoms with Crippen molar-refractivity contribution < 1.29 is 42.5 Å². The Hall–Kier alpha value is -3.20. The second-order valence-corrected chi connectivity index (χ2v) is 6.66. The van der Waals surface area contributed by atoms with E-state index in [0.717, 1.165) is 18.3 Å². The summed E-state index contributed by atoms with van der Waals surface area (Å²) in [6.07, 6.45) is -8.38. The van der Waals surface area contributed by atoms with Crippen LogP contribution in [0.2, 0.25) is 0 Å². The minimum absolute atomic E-state index is 0.0443. The Morgan fingerprint density at radius 2 is 1.94 bits per heavy atom. The highest BCUT2D eigenvalue weighted by Crippen LogP contribution is 2.32. The molecule has 0 saturated carbocycles. The average molecular weight is 461 g/mol. The molecule has 11 nitrogen and oxygen atoms in total. The van der Waals surface area contributed by atoms with E-state index in [-0.39, 0.29) is 16.7 Å². The molecule has 3 N–H and O–H groups in total. The summed E-state index contributed by atoms with van der Waals surface area (Å²) in [5, 5.41) is 32.5. The van der Waals surface area contributed by atoms with Crippen molar-refractivity contribution in [2.24, 2.45) is 0 Å². The zero-order valence-electron chi connectivity index (χ0n) is 16.4. The molecule has 32 heavy (non-hydrogen) atoms. The summed E-state index contributed by atoms with van der Waals surface area (Å²) in [7, 11) is 0. The number of halogens is 3. The number of para-hydroxylation sites is 1. The van der Waals surface area contributed by atoms with Crippen molar-refractivity contribution in [2.75, 3.05) is 6.61 Å². The van der Waals surface area contributed by atoms with E-state index in [1.54, 1.807) is 0 Å². The first-order valence-corrected chi connectivity index (χ1v) is 9.09. The number of alkyl halides is 3. The van der Waals surface area contributed by atoms with Gasteiger partial charge in [0.15, 0.2) is 5.75 Å². The number of hydrogen-bond donors (Lipinski definition) is 3. The van der Waals surface area contributed by atoms with E-state index in [2.05, 4.69) is 9.89 Å². The number of aromatic nitrogens is 3. The molecule has 3 rings (SSSR count). The van der Waals surface area contributed by atoms with Crippen molar-refractivity contribution in [3.8, 4) is 5.75 Å². The average Bonchev–Trinajstić information content (AvgIpc) is 3.11. The molecular formula is C18H18F3N3O8. The van der Waals surface area contributed by atoms with Crippen LogP contribution in [0.4, 0.5) is 13.2 Å². The summed E-state index contributed by atoms with van der Waals surface area (Å²) in [5.74, 6) is -0.649.